The van der Waals surface area contributed by atoms with Crippen molar-refractivity contribution in [2.75, 3.05) is 17.2 Å². The molecule has 2 N–H and O–H groups in total. The number of para-hydroxylation sites is 1. The van der Waals surface area contributed by atoms with Crippen molar-refractivity contribution in [3.05, 3.63) is 53.8 Å². The van der Waals surface area contributed by atoms with Gasteiger partial charge in [0.15, 0.2) is 12.4 Å². The van der Waals surface area contributed by atoms with E-state index in [1.54, 1.807) is 36.4 Å². The number of fused-ring (bicyclic) bond motifs is 1. The van der Waals surface area contributed by atoms with E-state index >= 15 is 0 Å². The number of hydrogen-bond donors (Lipinski definition) is 2. The fourth-order valence-electron chi connectivity index (χ4n) is 3.05. The number of carbonyl (C=O) groups excluding carboxylic acids is 2. The Hall–Kier alpha value is -2.89. The second kappa shape index (κ2) is 5.33. The smallest absolute Gasteiger partial charge is 0.262 e. The fourth-order valence-corrected chi connectivity index (χ4v) is 3.05. The summed E-state index contributed by atoms with van der Waals surface area (Å²) in [5, 5.41) is 5.52. The minimum atomic E-state index is -0.827. The molecule has 0 unspecified atom stereocenters. The number of benzene rings is 2. The zero-order valence-corrected chi connectivity index (χ0v) is 12.8. The van der Waals surface area contributed by atoms with Gasteiger partial charge in [0.2, 0.25) is 5.91 Å². The van der Waals surface area contributed by atoms with Gasteiger partial charge in [0.1, 0.15) is 5.82 Å². The molecular weight excluding hydrogens is 311 g/mol. The Kier molecular flexibility index (Phi) is 3.26. The summed E-state index contributed by atoms with van der Waals surface area (Å²) in [6, 6.07) is 11.5. The zero-order valence-electron chi connectivity index (χ0n) is 12.8. The predicted molar refractivity (Wildman–Crippen MR) is 86.5 cm³/mol. The van der Waals surface area contributed by atoms with Gasteiger partial charge in [-0.25, -0.2) is 4.39 Å². The quantitative estimate of drug-likeness (QED) is 0.911. The van der Waals surface area contributed by atoms with Gasteiger partial charge in [-0.3, -0.25) is 9.59 Å². The molecule has 1 saturated carbocycles. The topological polar surface area (TPSA) is 67.4 Å². The monoisotopic (exact) mass is 326 g/mol. The van der Waals surface area contributed by atoms with Gasteiger partial charge >= 0.3 is 0 Å². The van der Waals surface area contributed by atoms with Crippen LogP contribution in [0.25, 0.3) is 0 Å². The van der Waals surface area contributed by atoms with Crippen molar-refractivity contribution in [2.24, 2.45) is 0 Å². The number of rotatable bonds is 3. The van der Waals surface area contributed by atoms with Gasteiger partial charge < -0.3 is 15.4 Å². The third-order valence-electron chi connectivity index (χ3n) is 4.46. The first-order chi connectivity index (χ1) is 11.6. The van der Waals surface area contributed by atoms with Crippen LogP contribution >= 0.6 is 0 Å². The van der Waals surface area contributed by atoms with Gasteiger partial charge in [0.25, 0.3) is 5.91 Å². The molecule has 2 amide bonds. The van der Waals surface area contributed by atoms with Crippen molar-refractivity contribution in [3.8, 4) is 5.75 Å². The van der Waals surface area contributed by atoms with Crippen LogP contribution in [0.5, 0.6) is 5.75 Å². The number of nitrogens with one attached hydrogen (secondary N) is 2. The average molecular weight is 326 g/mol. The highest BCUT2D eigenvalue weighted by molar-refractivity contribution is 6.04. The maximum Gasteiger partial charge on any atom is 0.262 e. The molecule has 0 saturated heterocycles. The van der Waals surface area contributed by atoms with Gasteiger partial charge in [-0.15, -0.1) is 0 Å². The summed E-state index contributed by atoms with van der Waals surface area (Å²) in [6.07, 6.45) is 1.21. The summed E-state index contributed by atoms with van der Waals surface area (Å²) in [5.74, 6) is -0.448. The van der Waals surface area contributed by atoms with Gasteiger partial charge in [-0.1, -0.05) is 24.3 Å². The summed E-state index contributed by atoms with van der Waals surface area (Å²) in [6.45, 7) is -0.0989. The van der Waals surface area contributed by atoms with Crippen molar-refractivity contribution in [3.63, 3.8) is 0 Å². The number of ether oxygens (including phenoxy) is 1. The van der Waals surface area contributed by atoms with E-state index in [-0.39, 0.29) is 24.2 Å². The van der Waals surface area contributed by atoms with Crippen LogP contribution in [0, 0.1) is 5.82 Å². The minimum absolute atomic E-state index is 0.0989. The van der Waals surface area contributed by atoms with Crippen LogP contribution in [0.2, 0.25) is 0 Å². The first-order valence-electron chi connectivity index (χ1n) is 7.72. The third-order valence-corrected chi connectivity index (χ3v) is 4.46. The van der Waals surface area contributed by atoms with E-state index in [2.05, 4.69) is 10.6 Å². The molecule has 2 aromatic rings. The molecule has 1 aliphatic carbocycles. The number of anilines is 2. The fraction of sp³-hybridized carbons (Fsp3) is 0.222. The normalized spacial score (nSPS) is 17.3. The summed E-state index contributed by atoms with van der Waals surface area (Å²) in [5.41, 5.74) is 0.577. The van der Waals surface area contributed by atoms with Crippen molar-refractivity contribution >= 4 is 23.2 Å². The SMILES string of the molecule is O=C1COc2c(cccc2NC(=O)C2(c3ccccc3F)CC2)N1. The van der Waals surface area contributed by atoms with Crippen LogP contribution in [-0.4, -0.2) is 18.4 Å². The highest BCUT2D eigenvalue weighted by atomic mass is 19.1. The van der Waals surface area contributed by atoms with Gasteiger partial charge in [0.05, 0.1) is 16.8 Å². The van der Waals surface area contributed by atoms with Crippen molar-refractivity contribution in [2.45, 2.75) is 18.3 Å². The van der Waals surface area contributed by atoms with E-state index in [0.717, 1.165) is 0 Å². The lowest BCUT2D eigenvalue weighted by atomic mass is 9.94. The van der Waals surface area contributed by atoms with Crippen LogP contribution in [0.1, 0.15) is 18.4 Å². The van der Waals surface area contributed by atoms with Crippen molar-refractivity contribution < 1.29 is 18.7 Å². The van der Waals surface area contributed by atoms with E-state index < -0.39 is 5.41 Å². The summed E-state index contributed by atoms with van der Waals surface area (Å²) in [7, 11) is 0. The Bertz CT molecular complexity index is 846. The maximum atomic E-state index is 14.1. The molecule has 0 bridgehead atoms. The molecular formula is C18H15FN2O3. The Morgan fingerprint density at radius 2 is 1.96 bits per heavy atom. The molecule has 0 atom stereocenters. The van der Waals surface area contributed by atoms with Crippen LogP contribution in [0.15, 0.2) is 42.5 Å². The largest absolute Gasteiger partial charge is 0.479 e. The average Bonchev–Trinajstić information content (AvgIpc) is 3.37. The summed E-state index contributed by atoms with van der Waals surface area (Å²) in [4.78, 5) is 24.2. The number of amides is 2. The second-order valence-corrected chi connectivity index (χ2v) is 6.04. The van der Waals surface area contributed by atoms with Crippen LogP contribution in [0.3, 0.4) is 0 Å². The van der Waals surface area contributed by atoms with E-state index in [4.69, 9.17) is 4.74 Å². The summed E-state index contributed by atoms with van der Waals surface area (Å²) < 4.78 is 19.5. The molecule has 2 aromatic carbocycles. The minimum Gasteiger partial charge on any atom is -0.479 e. The van der Waals surface area contributed by atoms with Gasteiger partial charge in [-0.05, 0) is 31.0 Å². The van der Waals surface area contributed by atoms with Crippen molar-refractivity contribution in [1.29, 1.82) is 0 Å². The number of carbonyl (C=O) groups is 2. The zero-order chi connectivity index (χ0) is 16.7. The number of halogens is 1. The predicted octanol–water partition coefficient (Wildman–Crippen LogP) is 2.83. The third kappa shape index (κ3) is 2.31. The lowest BCUT2D eigenvalue weighted by molar-refractivity contribution is -0.119. The first-order valence-corrected chi connectivity index (χ1v) is 7.72. The lowest BCUT2D eigenvalue weighted by Crippen LogP contribution is -2.30. The van der Waals surface area contributed by atoms with E-state index in [9.17, 15) is 14.0 Å². The van der Waals surface area contributed by atoms with Crippen LogP contribution in [-0.2, 0) is 15.0 Å². The Morgan fingerprint density at radius 1 is 1.17 bits per heavy atom. The van der Waals surface area contributed by atoms with Gasteiger partial charge in [-0.2, -0.15) is 0 Å². The molecule has 0 spiro atoms. The molecule has 2 aliphatic rings. The molecule has 0 radical (unpaired) electrons. The maximum absolute atomic E-state index is 14.1. The van der Waals surface area contributed by atoms with Crippen molar-refractivity contribution in [1.82, 2.24) is 0 Å². The molecule has 6 heteroatoms. The Morgan fingerprint density at radius 3 is 2.71 bits per heavy atom. The van der Waals surface area contributed by atoms with E-state index in [0.29, 0.717) is 35.5 Å². The molecule has 1 heterocycles. The molecule has 1 fully saturated rings. The first kappa shape index (κ1) is 14.7. The molecule has 1 aliphatic heterocycles. The van der Waals surface area contributed by atoms with Crippen LogP contribution < -0.4 is 15.4 Å². The molecule has 24 heavy (non-hydrogen) atoms. The van der Waals surface area contributed by atoms with E-state index in [1.165, 1.54) is 6.07 Å². The summed E-state index contributed by atoms with van der Waals surface area (Å²) >= 11 is 0. The van der Waals surface area contributed by atoms with Gasteiger partial charge in [0, 0.05) is 5.56 Å². The highest BCUT2D eigenvalue weighted by Crippen LogP contribution is 2.50. The Balaban J connectivity index is 1.63. The Labute approximate surface area is 137 Å². The van der Waals surface area contributed by atoms with E-state index in [1.807, 2.05) is 0 Å². The highest BCUT2D eigenvalue weighted by Gasteiger charge is 2.52. The lowest BCUT2D eigenvalue weighted by Gasteiger charge is -2.22. The molecule has 5 nitrogen and oxygen atoms in total. The molecule has 122 valence electrons. The second-order valence-electron chi connectivity index (χ2n) is 6.04. The standard InChI is InChI=1S/C18H15FN2O3/c19-12-5-2-1-4-11(12)18(8-9-18)17(23)21-14-7-3-6-13-16(14)24-10-15(22)20-13/h1-7H,8-10H2,(H,20,22)(H,21,23). The molecule has 0 aromatic heterocycles. The van der Waals surface area contributed by atoms with Crippen LogP contribution in [0.4, 0.5) is 15.8 Å². The molecule has 4 rings (SSSR count). The number of hydrogen-bond acceptors (Lipinski definition) is 3.